The van der Waals surface area contributed by atoms with Crippen LogP contribution in [0.2, 0.25) is 0 Å². The van der Waals surface area contributed by atoms with E-state index in [1.807, 2.05) is 0 Å². The number of likely N-dealkylation sites (N-methyl/N-ethyl adjacent to an activating group) is 1. The highest BCUT2D eigenvalue weighted by Crippen LogP contribution is 2.26. The maximum Gasteiger partial charge on any atom is 0.255 e. The van der Waals surface area contributed by atoms with Gasteiger partial charge in [-0.15, -0.1) is 0 Å². The fraction of sp³-hybridized carbons (Fsp3) is 0.182. The highest BCUT2D eigenvalue weighted by atomic mass is 19.1. The van der Waals surface area contributed by atoms with Crippen LogP contribution in [-0.2, 0) is 0 Å². The molecular formula is C22H21F2N3O2. The van der Waals surface area contributed by atoms with Crippen LogP contribution < -0.4 is 10.1 Å². The van der Waals surface area contributed by atoms with Crippen molar-refractivity contribution in [2.24, 2.45) is 0 Å². The van der Waals surface area contributed by atoms with Gasteiger partial charge in [-0.2, -0.15) is 0 Å². The zero-order valence-electron chi connectivity index (χ0n) is 16.1. The molecule has 5 nitrogen and oxygen atoms in total. The fourth-order valence-electron chi connectivity index (χ4n) is 2.93. The molecule has 0 spiro atoms. The first kappa shape index (κ1) is 20.4. The molecule has 0 radical (unpaired) electrons. The van der Waals surface area contributed by atoms with Gasteiger partial charge in [0, 0.05) is 18.3 Å². The van der Waals surface area contributed by atoms with Crippen molar-refractivity contribution < 1.29 is 18.3 Å². The summed E-state index contributed by atoms with van der Waals surface area (Å²) in [5, 5.41) is 2.75. The van der Waals surface area contributed by atoms with E-state index in [4.69, 9.17) is 4.74 Å². The summed E-state index contributed by atoms with van der Waals surface area (Å²) in [6.07, 6.45) is 3.16. The molecule has 0 aliphatic carbocycles. The summed E-state index contributed by atoms with van der Waals surface area (Å²) >= 11 is 0. The third kappa shape index (κ3) is 4.94. The Kier molecular flexibility index (Phi) is 6.51. The lowest BCUT2D eigenvalue weighted by Gasteiger charge is -2.26. The van der Waals surface area contributed by atoms with E-state index in [-0.39, 0.29) is 12.1 Å². The second-order valence-corrected chi connectivity index (χ2v) is 6.61. The fourth-order valence-corrected chi connectivity index (χ4v) is 2.93. The van der Waals surface area contributed by atoms with Crippen molar-refractivity contribution in [3.63, 3.8) is 0 Å². The van der Waals surface area contributed by atoms with Gasteiger partial charge in [0.15, 0.2) is 0 Å². The van der Waals surface area contributed by atoms with Crippen molar-refractivity contribution in [3.05, 3.63) is 89.8 Å². The van der Waals surface area contributed by atoms with Crippen molar-refractivity contribution in [2.75, 3.05) is 20.6 Å². The van der Waals surface area contributed by atoms with E-state index in [0.29, 0.717) is 17.1 Å². The Bertz CT molecular complexity index is 961. The number of amides is 1. The molecule has 0 saturated heterocycles. The van der Waals surface area contributed by atoms with Crippen LogP contribution in [0.5, 0.6) is 11.5 Å². The van der Waals surface area contributed by atoms with Crippen LogP contribution in [0.3, 0.4) is 0 Å². The molecule has 1 atom stereocenters. The predicted octanol–water partition coefficient (Wildman–Crippen LogP) is 4.18. The van der Waals surface area contributed by atoms with E-state index in [0.717, 1.165) is 0 Å². The van der Waals surface area contributed by atoms with Crippen LogP contribution in [0, 0.1) is 11.6 Å². The zero-order chi connectivity index (χ0) is 20.8. The molecule has 0 bridgehead atoms. The van der Waals surface area contributed by atoms with Gasteiger partial charge in [0.1, 0.15) is 23.1 Å². The summed E-state index contributed by atoms with van der Waals surface area (Å²) < 4.78 is 34.2. The highest BCUT2D eigenvalue weighted by molar-refractivity contribution is 5.97. The van der Waals surface area contributed by atoms with Gasteiger partial charge in [-0.25, -0.2) is 8.78 Å². The molecule has 1 amide bonds. The van der Waals surface area contributed by atoms with Crippen LogP contribution in [-0.4, -0.2) is 36.4 Å². The molecule has 7 heteroatoms. The molecule has 150 valence electrons. The second-order valence-electron chi connectivity index (χ2n) is 6.61. The number of ether oxygens (including phenoxy) is 1. The molecule has 1 heterocycles. The van der Waals surface area contributed by atoms with E-state index in [2.05, 4.69) is 10.3 Å². The van der Waals surface area contributed by atoms with Crippen LogP contribution in [0.4, 0.5) is 8.78 Å². The minimum absolute atomic E-state index is 0.0188. The highest BCUT2D eigenvalue weighted by Gasteiger charge is 2.23. The molecule has 2 aromatic carbocycles. The van der Waals surface area contributed by atoms with Gasteiger partial charge in [0.05, 0.1) is 17.8 Å². The Labute approximate surface area is 168 Å². The topological polar surface area (TPSA) is 54.5 Å². The van der Waals surface area contributed by atoms with Gasteiger partial charge >= 0.3 is 0 Å². The molecule has 1 aromatic heterocycles. The van der Waals surface area contributed by atoms with Gasteiger partial charge in [-0.05, 0) is 50.5 Å². The Morgan fingerprint density at radius 2 is 1.79 bits per heavy atom. The molecule has 3 rings (SSSR count). The monoisotopic (exact) mass is 397 g/mol. The number of carbonyl (C=O) groups excluding carboxylic acids is 1. The maximum absolute atomic E-state index is 14.2. The summed E-state index contributed by atoms with van der Waals surface area (Å²) in [5.41, 5.74) is 0.223. The number of nitrogens with one attached hydrogen (secondary N) is 1. The molecule has 0 aliphatic heterocycles. The number of hydrogen-bond acceptors (Lipinski definition) is 4. The van der Waals surface area contributed by atoms with E-state index < -0.39 is 23.6 Å². The molecule has 1 N–H and O–H groups in total. The Morgan fingerprint density at radius 1 is 1.07 bits per heavy atom. The third-order valence-electron chi connectivity index (χ3n) is 4.41. The smallest absolute Gasteiger partial charge is 0.255 e. The average molecular weight is 397 g/mol. The number of benzene rings is 2. The van der Waals surface area contributed by atoms with Crippen LogP contribution in [0.1, 0.15) is 22.0 Å². The van der Waals surface area contributed by atoms with Crippen molar-refractivity contribution in [1.29, 1.82) is 0 Å². The first-order chi connectivity index (χ1) is 14.0. The van der Waals surface area contributed by atoms with Crippen LogP contribution in [0.25, 0.3) is 0 Å². The quantitative estimate of drug-likeness (QED) is 0.650. The molecule has 0 aliphatic rings. The van der Waals surface area contributed by atoms with Crippen molar-refractivity contribution in [3.8, 4) is 11.5 Å². The molecule has 1 unspecified atom stereocenters. The number of hydrogen-bond donors (Lipinski definition) is 1. The summed E-state index contributed by atoms with van der Waals surface area (Å²) in [6, 6.07) is 13.2. The van der Waals surface area contributed by atoms with Crippen molar-refractivity contribution >= 4 is 5.91 Å². The predicted molar refractivity (Wildman–Crippen MR) is 106 cm³/mol. The standard InChI is InChI=1S/C22H21F2N3O2/c1-27(2)19(21-17(23)9-5-10-18(21)24)14-26-22(28)16-8-3-4-11-20(16)29-15-7-6-12-25-13-15/h3-13,19H,14H2,1-2H3,(H,26,28). The third-order valence-corrected chi connectivity index (χ3v) is 4.41. The normalized spacial score (nSPS) is 11.9. The number of rotatable bonds is 7. The van der Waals surface area contributed by atoms with Gasteiger partial charge in [0.25, 0.3) is 5.91 Å². The lowest BCUT2D eigenvalue weighted by atomic mass is 10.0. The minimum atomic E-state index is -0.674. The molecular weight excluding hydrogens is 376 g/mol. The van der Waals surface area contributed by atoms with Gasteiger partial charge in [-0.3, -0.25) is 9.78 Å². The molecule has 29 heavy (non-hydrogen) atoms. The number of nitrogens with zero attached hydrogens (tertiary/aromatic N) is 2. The molecule has 0 fully saturated rings. The molecule has 0 saturated carbocycles. The SMILES string of the molecule is CN(C)C(CNC(=O)c1ccccc1Oc1cccnc1)c1c(F)cccc1F. The van der Waals surface area contributed by atoms with E-state index >= 15 is 0 Å². The number of para-hydroxylation sites is 1. The number of pyridine rings is 1. The summed E-state index contributed by atoms with van der Waals surface area (Å²) in [5.74, 6) is -0.867. The lowest BCUT2D eigenvalue weighted by molar-refractivity contribution is 0.0938. The number of aromatic nitrogens is 1. The first-order valence-electron chi connectivity index (χ1n) is 9.03. The number of carbonyl (C=O) groups is 1. The van der Waals surface area contributed by atoms with Gasteiger partial charge < -0.3 is 15.0 Å². The Morgan fingerprint density at radius 3 is 2.45 bits per heavy atom. The average Bonchev–Trinajstić information content (AvgIpc) is 2.71. The van der Waals surface area contributed by atoms with E-state index in [1.165, 1.54) is 24.4 Å². The Hall–Kier alpha value is -3.32. The summed E-state index contributed by atoms with van der Waals surface area (Å²) in [7, 11) is 3.39. The number of halogens is 2. The van der Waals surface area contributed by atoms with E-state index in [1.54, 1.807) is 61.6 Å². The van der Waals surface area contributed by atoms with Crippen molar-refractivity contribution in [2.45, 2.75) is 6.04 Å². The zero-order valence-corrected chi connectivity index (χ0v) is 16.1. The summed E-state index contributed by atoms with van der Waals surface area (Å²) in [4.78, 5) is 18.4. The largest absolute Gasteiger partial charge is 0.455 e. The Balaban J connectivity index is 1.78. The van der Waals surface area contributed by atoms with Gasteiger partial charge in [-0.1, -0.05) is 18.2 Å². The van der Waals surface area contributed by atoms with Gasteiger partial charge in [0.2, 0.25) is 0 Å². The van der Waals surface area contributed by atoms with Crippen LogP contribution >= 0.6 is 0 Å². The summed E-state index contributed by atoms with van der Waals surface area (Å²) in [6.45, 7) is 0.0188. The van der Waals surface area contributed by atoms with E-state index in [9.17, 15) is 13.6 Å². The maximum atomic E-state index is 14.2. The molecule has 3 aromatic rings. The van der Waals surface area contributed by atoms with Crippen molar-refractivity contribution in [1.82, 2.24) is 15.2 Å². The minimum Gasteiger partial charge on any atom is -0.455 e. The lowest BCUT2D eigenvalue weighted by Crippen LogP contribution is -2.35. The van der Waals surface area contributed by atoms with Crippen LogP contribution in [0.15, 0.2) is 67.0 Å². The second kappa shape index (κ2) is 9.25. The first-order valence-corrected chi connectivity index (χ1v) is 9.03.